The van der Waals surface area contributed by atoms with Crippen LogP contribution in [0.3, 0.4) is 0 Å². The summed E-state index contributed by atoms with van der Waals surface area (Å²) in [5.74, 6) is -1.01. The first-order chi connectivity index (χ1) is 8.18. The smallest absolute Gasteiger partial charge is 0.326 e. The lowest BCUT2D eigenvalue weighted by molar-refractivity contribution is -0.149. The van der Waals surface area contributed by atoms with Crippen molar-refractivity contribution in [3.8, 4) is 0 Å². The molecule has 2 unspecified atom stereocenters. The molecule has 0 aromatic carbocycles. The van der Waals surface area contributed by atoms with Gasteiger partial charge in [0.2, 0.25) is 5.91 Å². The molecule has 0 radical (unpaired) electrons. The maximum Gasteiger partial charge on any atom is 0.326 e. The molecule has 2 atom stereocenters. The van der Waals surface area contributed by atoms with Crippen molar-refractivity contribution in [2.75, 3.05) is 26.2 Å². The molecule has 2 N–H and O–H groups in total. The molecule has 1 amide bonds. The van der Waals surface area contributed by atoms with Crippen LogP contribution in [0.4, 0.5) is 0 Å². The van der Waals surface area contributed by atoms with Crippen molar-refractivity contribution in [2.24, 2.45) is 0 Å². The fourth-order valence-electron chi connectivity index (χ4n) is 2.38. The molecule has 0 bridgehead atoms. The number of aliphatic carboxylic acids is 1. The number of carboxylic acid groups (broad SMARTS) is 1. The van der Waals surface area contributed by atoms with E-state index >= 15 is 0 Å². The Labute approximate surface area is 99.9 Å². The van der Waals surface area contributed by atoms with E-state index in [-0.39, 0.29) is 18.4 Å². The van der Waals surface area contributed by atoms with Gasteiger partial charge in [0.15, 0.2) is 0 Å². The van der Waals surface area contributed by atoms with Crippen LogP contribution in [-0.2, 0) is 14.3 Å². The fraction of sp³-hybridized carbons (Fsp3) is 0.818. The van der Waals surface area contributed by atoms with Crippen molar-refractivity contribution in [3.63, 3.8) is 0 Å². The zero-order chi connectivity index (χ0) is 12.3. The molecule has 2 rings (SSSR count). The van der Waals surface area contributed by atoms with E-state index in [1.54, 1.807) is 0 Å². The van der Waals surface area contributed by atoms with Crippen LogP contribution in [0, 0.1) is 0 Å². The molecule has 2 saturated heterocycles. The molecule has 6 heteroatoms. The highest BCUT2D eigenvalue weighted by Crippen LogP contribution is 2.19. The number of ether oxygens (including phenoxy) is 1. The minimum absolute atomic E-state index is 0.108. The van der Waals surface area contributed by atoms with E-state index in [4.69, 9.17) is 9.84 Å². The first-order valence-electron chi connectivity index (χ1n) is 6.03. The van der Waals surface area contributed by atoms with E-state index < -0.39 is 12.0 Å². The third-order valence-electron chi connectivity index (χ3n) is 3.26. The molecule has 6 nitrogen and oxygen atoms in total. The second kappa shape index (κ2) is 5.46. The van der Waals surface area contributed by atoms with Crippen LogP contribution in [0.1, 0.15) is 19.3 Å². The van der Waals surface area contributed by atoms with E-state index in [0.717, 1.165) is 13.0 Å². The number of nitrogens with zero attached hydrogens (tertiary/aromatic N) is 1. The Bertz CT molecular complexity index is 302. The van der Waals surface area contributed by atoms with Crippen molar-refractivity contribution in [3.05, 3.63) is 0 Å². The molecule has 0 aliphatic carbocycles. The van der Waals surface area contributed by atoms with Crippen LogP contribution in [0.15, 0.2) is 0 Å². The second-order valence-electron chi connectivity index (χ2n) is 4.48. The number of amides is 1. The SMILES string of the molecule is O=C(O)C1CCCN1C(=O)CC1CNCCO1. The third kappa shape index (κ3) is 2.95. The highest BCUT2D eigenvalue weighted by molar-refractivity contribution is 5.84. The zero-order valence-corrected chi connectivity index (χ0v) is 9.72. The van der Waals surface area contributed by atoms with Gasteiger partial charge in [-0.3, -0.25) is 4.79 Å². The average molecular weight is 242 g/mol. The molecular weight excluding hydrogens is 224 g/mol. The fourth-order valence-corrected chi connectivity index (χ4v) is 2.38. The summed E-state index contributed by atoms with van der Waals surface area (Å²) in [6, 6.07) is -0.640. The van der Waals surface area contributed by atoms with Crippen LogP contribution in [0.5, 0.6) is 0 Å². The van der Waals surface area contributed by atoms with Gasteiger partial charge in [-0.25, -0.2) is 4.79 Å². The van der Waals surface area contributed by atoms with Crippen molar-refractivity contribution < 1.29 is 19.4 Å². The molecular formula is C11H18N2O4. The summed E-state index contributed by atoms with van der Waals surface area (Å²) in [5.41, 5.74) is 0. The number of likely N-dealkylation sites (tertiary alicyclic amines) is 1. The molecule has 17 heavy (non-hydrogen) atoms. The van der Waals surface area contributed by atoms with Gasteiger partial charge in [-0.1, -0.05) is 0 Å². The molecule has 2 aliphatic rings. The Morgan fingerprint density at radius 2 is 2.29 bits per heavy atom. The van der Waals surface area contributed by atoms with Crippen LogP contribution in [-0.4, -0.2) is 60.3 Å². The van der Waals surface area contributed by atoms with Crippen molar-refractivity contribution in [1.29, 1.82) is 0 Å². The van der Waals surface area contributed by atoms with Crippen LogP contribution in [0.2, 0.25) is 0 Å². The predicted octanol–water partition coefficient (Wildman–Crippen LogP) is -0.559. The largest absolute Gasteiger partial charge is 0.480 e. The Morgan fingerprint density at radius 1 is 1.47 bits per heavy atom. The number of rotatable bonds is 3. The third-order valence-corrected chi connectivity index (χ3v) is 3.26. The van der Waals surface area contributed by atoms with E-state index in [2.05, 4.69) is 5.32 Å². The molecule has 2 aliphatic heterocycles. The quantitative estimate of drug-likeness (QED) is 0.693. The standard InChI is InChI=1S/C11H18N2O4/c14-10(6-8-7-12-3-5-17-8)13-4-1-2-9(13)11(15)16/h8-9,12H,1-7H2,(H,15,16). The minimum atomic E-state index is -0.904. The van der Waals surface area contributed by atoms with Crippen LogP contribution >= 0.6 is 0 Å². The zero-order valence-electron chi connectivity index (χ0n) is 9.72. The normalized spacial score (nSPS) is 29.3. The minimum Gasteiger partial charge on any atom is -0.480 e. The summed E-state index contributed by atoms with van der Waals surface area (Å²) >= 11 is 0. The summed E-state index contributed by atoms with van der Waals surface area (Å²) in [5, 5.41) is 12.2. The summed E-state index contributed by atoms with van der Waals surface area (Å²) in [6.07, 6.45) is 1.49. The maximum atomic E-state index is 12.0. The van der Waals surface area contributed by atoms with E-state index in [1.807, 2.05) is 0 Å². The summed E-state index contributed by atoms with van der Waals surface area (Å²) < 4.78 is 5.45. The molecule has 2 heterocycles. The number of nitrogens with one attached hydrogen (secondary N) is 1. The average Bonchev–Trinajstić information content (AvgIpc) is 2.79. The van der Waals surface area contributed by atoms with Gasteiger partial charge < -0.3 is 20.1 Å². The van der Waals surface area contributed by atoms with Gasteiger partial charge >= 0.3 is 5.97 Å². The Hall–Kier alpha value is -1.14. The molecule has 2 fully saturated rings. The number of carbonyl (C=O) groups is 2. The van der Waals surface area contributed by atoms with E-state index in [1.165, 1.54) is 4.90 Å². The molecule has 0 aromatic rings. The highest BCUT2D eigenvalue weighted by atomic mass is 16.5. The predicted molar refractivity (Wildman–Crippen MR) is 59.6 cm³/mol. The lowest BCUT2D eigenvalue weighted by Crippen LogP contribution is -2.45. The summed E-state index contributed by atoms with van der Waals surface area (Å²) in [7, 11) is 0. The lowest BCUT2D eigenvalue weighted by Gasteiger charge is -2.27. The number of morpholine rings is 1. The first kappa shape index (κ1) is 12.3. The van der Waals surface area contributed by atoms with Gasteiger partial charge in [0.25, 0.3) is 0 Å². The van der Waals surface area contributed by atoms with Crippen molar-refractivity contribution >= 4 is 11.9 Å². The van der Waals surface area contributed by atoms with Crippen molar-refractivity contribution in [1.82, 2.24) is 10.2 Å². The maximum absolute atomic E-state index is 12.0. The molecule has 96 valence electrons. The molecule has 0 spiro atoms. The summed E-state index contributed by atoms with van der Waals surface area (Å²) in [4.78, 5) is 24.4. The highest BCUT2D eigenvalue weighted by Gasteiger charge is 2.34. The van der Waals surface area contributed by atoms with E-state index in [0.29, 0.717) is 26.1 Å². The van der Waals surface area contributed by atoms with E-state index in [9.17, 15) is 9.59 Å². The van der Waals surface area contributed by atoms with Gasteiger partial charge in [0.05, 0.1) is 19.1 Å². The van der Waals surface area contributed by atoms with Gasteiger partial charge in [-0.15, -0.1) is 0 Å². The second-order valence-corrected chi connectivity index (χ2v) is 4.48. The topological polar surface area (TPSA) is 78.9 Å². The Kier molecular flexibility index (Phi) is 3.96. The van der Waals surface area contributed by atoms with Gasteiger partial charge in [0, 0.05) is 19.6 Å². The number of carboxylic acids is 1. The molecule has 0 saturated carbocycles. The van der Waals surface area contributed by atoms with Crippen LogP contribution < -0.4 is 5.32 Å². The number of hydrogen-bond acceptors (Lipinski definition) is 4. The monoisotopic (exact) mass is 242 g/mol. The Balaban J connectivity index is 1.88. The van der Waals surface area contributed by atoms with Crippen LogP contribution in [0.25, 0.3) is 0 Å². The molecule has 0 aromatic heterocycles. The first-order valence-corrected chi connectivity index (χ1v) is 6.03. The van der Waals surface area contributed by atoms with Crippen molar-refractivity contribution in [2.45, 2.75) is 31.4 Å². The lowest BCUT2D eigenvalue weighted by atomic mass is 10.2. The van der Waals surface area contributed by atoms with Gasteiger partial charge in [0.1, 0.15) is 6.04 Å². The van der Waals surface area contributed by atoms with Gasteiger partial charge in [-0.05, 0) is 12.8 Å². The number of carbonyl (C=O) groups excluding carboxylic acids is 1. The Morgan fingerprint density at radius 3 is 2.94 bits per heavy atom. The van der Waals surface area contributed by atoms with Gasteiger partial charge in [-0.2, -0.15) is 0 Å². The summed E-state index contributed by atoms with van der Waals surface area (Å²) in [6.45, 7) is 2.64. The number of hydrogen-bond donors (Lipinski definition) is 2.